The second kappa shape index (κ2) is 5.61. The van der Waals surface area contributed by atoms with Crippen LogP contribution in [0.3, 0.4) is 0 Å². The Bertz CT molecular complexity index is 607. The third-order valence-electron chi connectivity index (χ3n) is 2.99. The highest BCUT2D eigenvalue weighted by Crippen LogP contribution is 2.37. The molecule has 1 heterocycles. The highest BCUT2D eigenvalue weighted by Gasteiger charge is 2.31. The quantitative estimate of drug-likeness (QED) is 0.834. The van der Waals surface area contributed by atoms with Gasteiger partial charge in [-0.2, -0.15) is 13.2 Å². The molecule has 0 aliphatic rings. The molecule has 2 rings (SSSR count). The van der Waals surface area contributed by atoms with E-state index in [1.807, 2.05) is 6.92 Å². The molecule has 2 nitrogen and oxygen atoms in total. The van der Waals surface area contributed by atoms with Crippen molar-refractivity contribution in [1.82, 2.24) is 0 Å². The summed E-state index contributed by atoms with van der Waals surface area (Å²) >= 11 is 3.24. The van der Waals surface area contributed by atoms with Gasteiger partial charge in [-0.15, -0.1) is 0 Å². The average molecular weight is 348 g/mol. The van der Waals surface area contributed by atoms with E-state index < -0.39 is 11.7 Å². The van der Waals surface area contributed by atoms with E-state index in [0.717, 1.165) is 12.1 Å². The average Bonchev–Trinajstić information content (AvgIpc) is 2.86. The Morgan fingerprint density at radius 3 is 2.55 bits per heavy atom. The number of rotatable bonds is 3. The maximum absolute atomic E-state index is 12.7. The molecule has 0 radical (unpaired) electrons. The topological polar surface area (TPSA) is 39.2 Å². The first kappa shape index (κ1) is 15.1. The van der Waals surface area contributed by atoms with Gasteiger partial charge in [0.1, 0.15) is 11.5 Å². The van der Waals surface area contributed by atoms with Gasteiger partial charge < -0.3 is 10.2 Å². The molecule has 6 heteroatoms. The molecule has 0 saturated heterocycles. The summed E-state index contributed by atoms with van der Waals surface area (Å²) in [5, 5.41) is 0. The number of hydrogen-bond acceptors (Lipinski definition) is 2. The Balaban J connectivity index is 2.44. The third-order valence-corrected chi connectivity index (χ3v) is 3.68. The van der Waals surface area contributed by atoms with Crippen LogP contribution in [0.5, 0.6) is 0 Å². The second-order valence-corrected chi connectivity index (χ2v) is 5.26. The van der Waals surface area contributed by atoms with Crippen molar-refractivity contribution in [3.05, 3.63) is 46.1 Å². The normalized spacial score (nSPS) is 13.5. The highest BCUT2D eigenvalue weighted by atomic mass is 79.9. The summed E-state index contributed by atoms with van der Waals surface area (Å²) in [5.41, 5.74) is 5.48. The van der Waals surface area contributed by atoms with Crippen LogP contribution in [0.1, 0.15) is 30.7 Å². The number of hydrogen-bond donors (Lipinski definition) is 1. The van der Waals surface area contributed by atoms with Gasteiger partial charge in [-0.25, -0.2) is 0 Å². The van der Waals surface area contributed by atoms with Crippen LogP contribution in [-0.4, -0.2) is 0 Å². The van der Waals surface area contributed by atoms with Gasteiger partial charge in [0, 0.05) is 10.0 Å². The minimum absolute atomic E-state index is 0.256. The van der Waals surface area contributed by atoms with E-state index in [4.69, 9.17) is 10.2 Å². The number of furan rings is 1. The van der Waals surface area contributed by atoms with Crippen LogP contribution in [0.4, 0.5) is 13.2 Å². The lowest BCUT2D eigenvalue weighted by Crippen LogP contribution is -2.06. The van der Waals surface area contributed by atoms with Crippen LogP contribution in [0, 0.1) is 0 Å². The Kier molecular flexibility index (Phi) is 4.25. The first-order chi connectivity index (χ1) is 9.32. The van der Waals surface area contributed by atoms with Crippen LogP contribution in [-0.2, 0) is 6.18 Å². The van der Waals surface area contributed by atoms with Crippen LogP contribution >= 0.6 is 15.9 Å². The monoisotopic (exact) mass is 347 g/mol. The summed E-state index contributed by atoms with van der Waals surface area (Å²) in [6.45, 7) is 1.91. The molecular formula is C14H13BrF3NO. The molecule has 0 aliphatic heterocycles. The summed E-state index contributed by atoms with van der Waals surface area (Å²) in [4.78, 5) is 0. The van der Waals surface area contributed by atoms with Gasteiger partial charge in [-0.3, -0.25) is 0 Å². The molecule has 2 N–H and O–H groups in total. The molecule has 0 saturated carbocycles. The van der Waals surface area contributed by atoms with E-state index in [-0.39, 0.29) is 6.04 Å². The van der Waals surface area contributed by atoms with Gasteiger partial charge in [-0.1, -0.05) is 22.9 Å². The predicted octanol–water partition coefficient (Wildman–Crippen LogP) is 5.14. The van der Waals surface area contributed by atoms with Gasteiger partial charge in [0.2, 0.25) is 0 Å². The Morgan fingerprint density at radius 2 is 1.95 bits per heavy atom. The molecule has 20 heavy (non-hydrogen) atoms. The predicted molar refractivity (Wildman–Crippen MR) is 74.1 cm³/mol. The fourth-order valence-electron chi connectivity index (χ4n) is 1.79. The zero-order valence-corrected chi connectivity index (χ0v) is 12.3. The van der Waals surface area contributed by atoms with Crippen LogP contribution < -0.4 is 5.73 Å². The molecule has 1 atom stereocenters. The summed E-state index contributed by atoms with van der Waals surface area (Å²) in [7, 11) is 0. The standard InChI is InChI=1S/C14H13BrF3NO/c1-2-11(19)13-6-5-12(20-13)9-7-8(14(16,17)18)3-4-10(9)15/h3-7,11H,2,19H2,1H3. The molecule has 2 aromatic rings. The van der Waals surface area contributed by atoms with Crippen molar-refractivity contribution < 1.29 is 17.6 Å². The van der Waals surface area contributed by atoms with Gasteiger partial charge >= 0.3 is 6.18 Å². The van der Waals surface area contributed by atoms with Crippen molar-refractivity contribution in [3.8, 4) is 11.3 Å². The lowest BCUT2D eigenvalue weighted by Gasteiger charge is -2.09. The smallest absolute Gasteiger partial charge is 0.416 e. The van der Waals surface area contributed by atoms with Gasteiger partial charge in [0.15, 0.2) is 0 Å². The summed E-state index contributed by atoms with van der Waals surface area (Å²) in [5.74, 6) is 0.925. The van der Waals surface area contributed by atoms with Crippen LogP contribution in [0.25, 0.3) is 11.3 Å². The maximum atomic E-state index is 12.7. The first-order valence-electron chi connectivity index (χ1n) is 6.05. The fourth-order valence-corrected chi connectivity index (χ4v) is 2.23. The Hall–Kier alpha value is -1.27. The summed E-state index contributed by atoms with van der Waals surface area (Å²) in [6.07, 6.45) is -3.69. The van der Waals surface area contributed by atoms with E-state index in [0.29, 0.717) is 28.0 Å². The van der Waals surface area contributed by atoms with Crippen molar-refractivity contribution in [2.75, 3.05) is 0 Å². The van der Waals surface area contributed by atoms with Gasteiger partial charge in [-0.05, 0) is 36.8 Å². The van der Waals surface area contributed by atoms with E-state index in [1.165, 1.54) is 6.07 Å². The SMILES string of the molecule is CCC(N)c1ccc(-c2cc(C(F)(F)F)ccc2Br)o1. The molecular weight excluding hydrogens is 335 g/mol. The van der Waals surface area contributed by atoms with E-state index >= 15 is 0 Å². The van der Waals surface area contributed by atoms with E-state index in [9.17, 15) is 13.2 Å². The van der Waals surface area contributed by atoms with Gasteiger partial charge in [0.25, 0.3) is 0 Å². The Morgan fingerprint density at radius 1 is 1.25 bits per heavy atom. The molecule has 0 aliphatic carbocycles. The molecule has 0 fully saturated rings. The highest BCUT2D eigenvalue weighted by molar-refractivity contribution is 9.10. The first-order valence-corrected chi connectivity index (χ1v) is 6.84. The van der Waals surface area contributed by atoms with Gasteiger partial charge in [0.05, 0.1) is 11.6 Å². The summed E-state index contributed by atoms with van der Waals surface area (Å²) in [6, 6.07) is 6.51. The molecule has 1 unspecified atom stereocenters. The lowest BCUT2D eigenvalue weighted by molar-refractivity contribution is -0.137. The molecule has 0 bridgehead atoms. The van der Waals surface area contributed by atoms with Crippen molar-refractivity contribution in [2.24, 2.45) is 5.73 Å². The van der Waals surface area contributed by atoms with E-state index in [1.54, 1.807) is 12.1 Å². The molecule has 108 valence electrons. The van der Waals surface area contributed by atoms with Crippen LogP contribution in [0.2, 0.25) is 0 Å². The largest absolute Gasteiger partial charge is 0.459 e. The van der Waals surface area contributed by atoms with Crippen molar-refractivity contribution in [2.45, 2.75) is 25.6 Å². The molecule has 0 amide bonds. The minimum Gasteiger partial charge on any atom is -0.459 e. The van der Waals surface area contributed by atoms with Crippen molar-refractivity contribution >= 4 is 15.9 Å². The van der Waals surface area contributed by atoms with Crippen molar-refractivity contribution in [3.63, 3.8) is 0 Å². The third kappa shape index (κ3) is 3.07. The molecule has 1 aromatic carbocycles. The number of nitrogens with two attached hydrogens (primary N) is 1. The van der Waals surface area contributed by atoms with Crippen LogP contribution in [0.15, 0.2) is 39.2 Å². The summed E-state index contributed by atoms with van der Waals surface area (Å²) < 4.78 is 44.3. The Labute approximate surface area is 122 Å². The van der Waals surface area contributed by atoms with Crippen molar-refractivity contribution in [1.29, 1.82) is 0 Å². The molecule has 1 aromatic heterocycles. The minimum atomic E-state index is -4.38. The zero-order valence-electron chi connectivity index (χ0n) is 10.7. The zero-order chi connectivity index (χ0) is 14.9. The number of benzene rings is 1. The number of alkyl halides is 3. The molecule has 0 spiro atoms. The maximum Gasteiger partial charge on any atom is 0.416 e. The number of halogens is 4. The lowest BCUT2D eigenvalue weighted by atomic mass is 10.1. The van der Waals surface area contributed by atoms with E-state index in [2.05, 4.69) is 15.9 Å². The fraction of sp³-hybridized carbons (Fsp3) is 0.286. The second-order valence-electron chi connectivity index (χ2n) is 4.41.